The molecule has 3 aromatic rings. The minimum absolute atomic E-state index is 0.0570. The fourth-order valence-corrected chi connectivity index (χ4v) is 3.07. The Morgan fingerprint density at radius 3 is 2.69 bits per heavy atom. The van der Waals surface area contributed by atoms with Crippen LogP contribution in [0.3, 0.4) is 0 Å². The molecule has 1 aromatic heterocycles. The maximum Gasteiger partial charge on any atom is 0.331 e. The number of H-pyrrole nitrogens is 1. The smallest absolute Gasteiger partial charge is 0.331 e. The van der Waals surface area contributed by atoms with Crippen LogP contribution in [0.15, 0.2) is 63.1 Å². The van der Waals surface area contributed by atoms with E-state index in [4.69, 9.17) is 9.47 Å². The summed E-state index contributed by atoms with van der Waals surface area (Å²) < 4.78 is 11.7. The molecule has 4 rings (SSSR count). The second-order valence-corrected chi connectivity index (χ2v) is 6.54. The molecule has 2 aromatic carbocycles. The van der Waals surface area contributed by atoms with Crippen molar-refractivity contribution in [1.29, 1.82) is 0 Å². The van der Waals surface area contributed by atoms with Crippen LogP contribution in [0.1, 0.15) is 16.7 Å². The predicted molar refractivity (Wildman–Crippen MR) is 107 cm³/mol. The topological polar surface area (TPSA) is 106 Å². The zero-order chi connectivity index (χ0) is 20.2. The number of aromatic nitrogens is 2. The number of hydrogen-bond donors (Lipinski definition) is 2. The van der Waals surface area contributed by atoms with Crippen LogP contribution in [0.5, 0.6) is 17.4 Å². The summed E-state index contributed by atoms with van der Waals surface area (Å²) >= 11 is 0. The third-order valence-electron chi connectivity index (χ3n) is 4.60. The number of hydrogen-bond acceptors (Lipinski definition) is 6. The van der Waals surface area contributed by atoms with Crippen LogP contribution >= 0.6 is 0 Å². The van der Waals surface area contributed by atoms with Gasteiger partial charge in [0, 0.05) is 12.8 Å². The van der Waals surface area contributed by atoms with Crippen LogP contribution in [-0.2, 0) is 19.5 Å². The molecule has 1 aliphatic heterocycles. The Kier molecular flexibility index (Phi) is 5.15. The Morgan fingerprint density at radius 2 is 1.86 bits per heavy atom. The monoisotopic (exact) mass is 393 g/mol. The second kappa shape index (κ2) is 8.05. The van der Waals surface area contributed by atoms with Gasteiger partial charge in [0.1, 0.15) is 5.56 Å². The van der Waals surface area contributed by atoms with Crippen LogP contribution in [0, 0.1) is 0 Å². The number of aryl methyl sites for hydroxylation is 1. The van der Waals surface area contributed by atoms with Crippen LogP contribution in [0.4, 0.5) is 0 Å². The number of ether oxygens (including phenoxy) is 2. The predicted octanol–water partition coefficient (Wildman–Crippen LogP) is 1.83. The molecule has 0 spiro atoms. The molecule has 2 N–H and O–H groups in total. The van der Waals surface area contributed by atoms with Gasteiger partial charge in [-0.3, -0.25) is 19.3 Å². The van der Waals surface area contributed by atoms with E-state index in [9.17, 15) is 14.7 Å². The first-order chi connectivity index (χ1) is 14.1. The van der Waals surface area contributed by atoms with E-state index in [1.807, 2.05) is 42.5 Å². The van der Waals surface area contributed by atoms with Crippen molar-refractivity contribution in [3.8, 4) is 17.4 Å². The number of nitrogens with one attached hydrogen (secondary N) is 1. The molecule has 2 heterocycles. The van der Waals surface area contributed by atoms with Gasteiger partial charge in [-0.1, -0.05) is 36.4 Å². The molecule has 0 bridgehead atoms. The third-order valence-corrected chi connectivity index (χ3v) is 4.60. The van der Waals surface area contributed by atoms with Gasteiger partial charge in [-0.25, -0.2) is 4.79 Å². The Balaban J connectivity index is 1.53. The molecule has 0 radical (unpaired) electrons. The minimum atomic E-state index is -0.683. The van der Waals surface area contributed by atoms with Crippen molar-refractivity contribution in [2.75, 3.05) is 6.79 Å². The summed E-state index contributed by atoms with van der Waals surface area (Å²) in [6.07, 6.45) is 1.81. The van der Waals surface area contributed by atoms with Gasteiger partial charge in [-0.05, 0) is 29.7 Å². The van der Waals surface area contributed by atoms with E-state index in [0.29, 0.717) is 17.9 Å². The highest BCUT2D eigenvalue weighted by atomic mass is 16.7. The van der Waals surface area contributed by atoms with E-state index in [1.165, 1.54) is 6.21 Å². The van der Waals surface area contributed by atoms with E-state index >= 15 is 0 Å². The molecule has 148 valence electrons. The van der Waals surface area contributed by atoms with Crippen LogP contribution < -0.4 is 20.7 Å². The number of rotatable bonds is 6. The molecule has 0 aliphatic carbocycles. The number of aromatic hydroxyl groups is 1. The number of aliphatic imine (C=N–C) groups is 1. The lowest BCUT2D eigenvalue weighted by Gasteiger charge is -2.09. The molecule has 0 atom stereocenters. The average molecular weight is 393 g/mol. The summed E-state index contributed by atoms with van der Waals surface area (Å²) in [6, 6.07) is 15.0. The Labute approximate surface area is 165 Å². The summed E-state index contributed by atoms with van der Waals surface area (Å²) in [5.74, 6) is 0.925. The van der Waals surface area contributed by atoms with Crippen molar-refractivity contribution in [2.24, 2.45) is 4.99 Å². The minimum Gasteiger partial charge on any atom is -0.494 e. The van der Waals surface area contributed by atoms with Crippen LogP contribution in [0.2, 0.25) is 0 Å². The van der Waals surface area contributed by atoms with Gasteiger partial charge in [0.15, 0.2) is 11.5 Å². The van der Waals surface area contributed by atoms with E-state index in [-0.39, 0.29) is 25.4 Å². The largest absolute Gasteiger partial charge is 0.494 e. The van der Waals surface area contributed by atoms with Crippen molar-refractivity contribution >= 4 is 6.21 Å². The quantitative estimate of drug-likeness (QED) is 0.622. The molecular formula is C21H19N3O5. The fourth-order valence-electron chi connectivity index (χ4n) is 3.07. The summed E-state index contributed by atoms with van der Waals surface area (Å²) in [5.41, 5.74) is 0.481. The highest BCUT2D eigenvalue weighted by Crippen LogP contribution is 2.32. The number of aromatic amines is 1. The molecule has 0 saturated carbocycles. The summed E-state index contributed by atoms with van der Waals surface area (Å²) in [6.45, 7) is 0.697. The van der Waals surface area contributed by atoms with Gasteiger partial charge in [0.2, 0.25) is 12.7 Å². The first-order valence-electron chi connectivity index (χ1n) is 9.10. The first kappa shape index (κ1) is 18.5. The van der Waals surface area contributed by atoms with Crippen LogP contribution in [-0.4, -0.2) is 27.7 Å². The molecule has 0 unspecified atom stereocenters. The Hall–Kier alpha value is -3.81. The van der Waals surface area contributed by atoms with E-state index in [2.05, 4.69) is 9.98 Å². The molecule has 0 saturated heterocycles. The fraction of sp³-hybridized carbons (Fsp3) is 0.190. The Morgan fingerprint density at radius 1 is 1.07 bits per heavy atom. The molecule has 1 aliphatic rings. The van der Waals surface area contributed by atoms with Crippen molar-refractivity contribution in [2.45, 2.75) is 19.5 Å². The lowest BCUT2D eigenvalue weighted by molar-refractivity contribution is 0.174. The molecule has 8 heteroatoms. The molecule has 8 nitrogen and oxygen atoms in total. The lowest BCUT2D eigenvalue weighted by atomic mass is 10.1. The zero-order valence-electron chi connectivity index (χ0n) is 15.5. The maximum absolute atomic E-state index is 12.1. The zero-order valence-corrected chi connectivity index (χ0v) is 15.5. The number of benzene rings is 2. The van der Waals surface area contributed by atoms with Crippen LogP contribution in [0.25, 0.3) is 0 Å². The van der Waals surface area contributed by atoms with Crippen molar-refractivity contribution in [1.82, 2.24) is 9.55 Å². The Bertz CT molecular complexity index is 1170. The van der Waals surface area contributed by atoms with E-state index in [1.54, 1.807) is 6.07 Å². The SMILES string of the molecule is O=c1[nH]c(=O)n(CCc2ccccc2)c(O)c1C=NCc1ccc2c(c1)OCO2. The van der Waals surface area contributed by atoms with Gasteiger partial charge < -0.3 is 14.6 Å². The van der Waals surface area contributed by atoms with E-state index < -0.39 is 17.1 Å². The van der Waals surface area contributed by atoms with Crippen molar-refractivity contribution in [3.63, 3.8) is 0 Å². The summed E-state index contributed by atoms with van der Waals surface area (Å²) in [5, 5.41) is 10.5. The standard InChI is InChI=1S/C21H19N3O5/c25-19-16(12-22-11-15-6-7-17-18(10-15)29-13-28-17)20(26)24(21(27)23-19)9-8-14-4-2-1-3-5-14/h1-7,10,12,26H,8-9,11,13H2,(H,23,25,27). The van der Waals surface area contributed by atoms with Crippen molar-refractivity contribution < 1.29 is 14.6 Å². The lowest BCUT2D eigenvalue weighted by Crippen LogP contribution is -2.32. The number of nitrogens with zero attached hydrogens (tertiary/aromatic N) is 2. The molecular weight excluding hydrogens is 374 g/mol. The summed E-state index contributed by atoms with van der Waals surface area (Å²) in [4.78, 5) is 30.7. The molecule has 29 heavy (non-hydrogen) atoms. The molecule has 0 amide bonds. The van der Waals surface area contributed by atoms with Crippen molar-refractivity contribution in [3.05, 3.63) is 86.1 Å². The third kappa shape index (κ3) is 4.06. The summed E-state index contributed by atoms with van der Waals surface area (Å²) in [7, 11) is 0. The maximum atomic E-state index is 12.1. The van der Waals surface area contributed by atoms with Gasteiger partial charge in [0.25, 0.3) is 5.56 Å². The highest BCUT2D eigenvalue weighted by Gasteiger charge is 2.14. The van der Waals surface area contributed by atoms with Gasteiger partial charge in [-0.15, -0.1) is 0 Å². The normalized spacial score (nSPS) is 12.6. The second-order valence-electron chi connectivity index (χ2n) is 6.54. The highest BCUT2D eigenvalue weighted by molar-refractivity contribution is 5.81. The average Bonchev–Trinajstić information content (AvgIpc) is 3.19. The van der Waals surface area contributed by atoms with E-state index in [0.717, 1.165) is 15.7 Å². The van der Waals surface area contributed by atoms with Gasteiger partial charge in [0.05, 0.1) is 6.54 Å². The van der Waals surface area contributed by atoms with Gasteiger partial charge in [-0.2, -0.15) is 0 Å². The first-order valence-corrected chi connectivity index (χ1v) is 9.10. The van der Waals surface area contributed by atoms with Gasteiger partial charge >= 0.3 is 5.69 Å². The molecule has 0 fully saturated rings. The number of fused-ring (bicyclic) bond motifs is 1.